The van der Waals surface area contributed by atoms with E-state index >= 15 is 0 Å². The standard InChI is InChI=1S/C17H21NO/c1-3-4-5-6-7-10-13-17(19,14-18)16-12-9-8-11-15(16)2/h8-9,11-12,19H,3-5,10,13H2,1-2H3. The second-order valence-corrected chi connectivity index (χ2v) is 4.74. The second-order valence-electron chi connectivity index (χ2n) is 4.74. The highest BCUT2D eigenvalue weighted by Gasteiger charge is 2.29. The van der Waals surface area contributed by atoms with Gasteiger partial charge in [0, 0.05) is 24.8 Å². The lowest BCUT2D eigenvalue weighted by molar-refractivity contribution is 0.0889. The predicted octanol–water partition coefficient (Wildman–Crippen LogP) is 3.68. The lowest BCUT2D eigenvalue weighted by Gasteiger charge is -2.21. The Labute approximate surface area is 116 Å². The van der Waals surface area contributed by atoms with Gasteiger partial charge in [-0.3, -0.25) is 0 Å². The molecule has 0 bridgehead atoms. The van der Waals surface area contributed by atoms with Gasteiger partial charge in [-0.05, 0) is 18.9 Å². The summed E-state index contributed by atoms with van der Waals surface area (Å²) in [6, 6.07) is 9.49. The maximum Gasteiger partial charge on any atom is 0.177 e. The quantitative estimate of drug-likeness (QED) is 0.495. The zero-order valence-electron chi connectivity index (χ0n) is 11.7. The van der Waals surface area contributed by atoms with Crippen LogP contribution >= 0.6 is 0 Å². The second kappa shape index (κ2) is 7.62. The number of hydrogen-bond acceptors (Lipinski definition) is 2. The lowest BCUT2D eigenvalue weighted by atomic mass is 9.87. The van der Waals surface area contributed by atoms with Crippen molar-refractivity contribution >= 4 is 0 Å². The minimum absolute atomic E-state index is 0.355. The number of benzene rings is 1. The normalized spacial score (nSPS) is 12.9. The number of nitriles is 1. The maximum absolute atomic E-state index is 10.4. The number of hydrogen-bond donors (Lipinski definition) is 1. The van der Waals surface area contributed by atoms with Crippen LogP contribution in [0.4, 0.5) is 0 Å². The van der Waals surface area contributed by atoms with Crippen LogP contribution in [0.15, 0.2) is 24.3 Å². The smallest absolute Gasteiger partial charge is 0.177 e. The molecule has 2 nitrogen and oxygen atoms in total. The van der Waals surface area contributed by atoms with Crippen LogP contribution in [-0.4, -0.2) is 5.11 Å². The molecule has 0 saturated carbocycles. The number of unbranched alkanes of at least 4 members (excludes halogenated alkanes) is 2. The van der Waals surface area contributed by atoms with Crippen molar-refractivity contribution in [1.82, 2.24) is 0 Å². The Bertz CT molecular complexity index is 504. The highest BCUT2D eigenvalue weighted by molar-refractivity contribution is 5.35. The molecule has 0 saturated heterocycles. The molecule has 1 unspecified atom stereocenters. The van der Waals surface area contributed by atoms with Crippen molar-refractivity contribution in [2.75, 3.05) is 0 Å². The van der Waals surface area contributed by atoms with Crippen LogP contribution in [-0.2, 0) is 5.60 Å². The highest BCUT2D eigenvalue weighted by Crippen LogP contribution is 2.28. The van der Waals surface area contributed by atoms with Crippen LogP contribution in [0.3, 0.4) is 0 Å². The molecular formula is C17H21NO. The van der Waals surface area contributed by atoms with Gasteiger partial charge < -0.3 is 5.11 Å². The Hall–Kier alpha value is -1.77. The summed E-state index contributed by atoms with van der Waals surface area (Å²) in [4.78, 5) is 0. The average Bonchev–Trinajstić information content (AvgIpc) is 2.43. The molecule has 0 heterocycles. The van der Waals surface area contributed by atoms with E-state index in [1.54, 1.807) is 0 Å². The summed E-state index contributed by atoms with van der Waals surface area (Å²) in [5, 5.41) is 19.7. The summed E-state index contributed by atoms with van der Waals surface area (Å²) in [5.74, 6) is 6.12. The van der Waals surface area contributed by atoms with Crippen molar-refractivity contribution in [2.24, 2.45) is 0 Å². The van der Waals surface area contributed by atoms with E-state index in [0.717, 1.165) is 24.8 Å². The molecular weight excluding hydrogens is 234 g/mol. The van der Waals surface area contributed by atoms with Gasteiger partial charge in [-0.2, -0.15) is 5.26 Å². The molecule has 1 N–H and O–H groups in total. The first-order valence-corrected chi connectivity index (χ1v) is 6.79. The zero-order chi connectivity index (χ0) is 14.1. The van der Waals surface area contributed by atoms with Crippen molar-refractivity contribution < 1.29 is 5.11 Å². The Kier molecular flexibility index (Phi) is 6.13. The van der Waals surface area contributed by atoms with Gasteiger partial charge in [0.05, 0.1) is 0 Å². The molecule has 19 heavy (non-hydrogen) atoms. The molecule has 0 aliphatic rings. The van der Waals surface area contributed by atoms with Crippen molar-refractivity contribution in [3.8, 4) is 17.9 Å². The molecule has 0 aliphatic carbocycles. The molecule has 1 atom stereocenters. The van der Waals surface area contributed by atoms with Crippen LogP contribution in [0.5, 0.6) is 0 Å². The van der Waals surface area contributed by atoms with E-state index in [2.05, 4.69) is 18.8 Å². The SMILES string of the molecule is CCCCC#CCCC(O)(C#N)c1ccccc1C. The van der Waals surface area contributed by atoms with Crippen LogP contribution in [0.25, 0.3) is 0 Å². The molecule has 1 aromatic rings. The largest absolute Gasteiger partial charge is 0.371 e. The Morgan fingerprint density at radius 3 is 2.53 bits per heavy atom. The minimum atomic E-state index is -1.43. The first-order valence-electron chi connectivity index (χ1n) is 6.79. The first kappa shape index (κ1) is 15.3. The first-order chi connectivity index (χ1) is 9.14. The van der Waals surface area contributed by atoms with E-state index in [4.69, 9.17) is 0 Å². The summed E-state index contributed by atoms with van der Waals surface area (Å²) in [5.41, 5.74) is 0.198. The number of aliphatic hydroxyl groups is 1. The van der Waals surface area contributed by atoms with Gasteiger partial charge in [0.15, 0.2) is 5.60 Å². The summed E-state index contributed by atoms with van der Waals surface area (Å²) < 4.78 is 0. The monoisotopic (exact) mass is 255 g/mol. The van der Waals surface area contributed by atoms with Gasteiger partial charge in [0.1, 0.15) is 6.07 Å². The van der Waals surface area contributed by atoms with E-state index in [0.29, 0.717) is 18.4 Å². The number of rotatable bonds is 5. The van der Waals surface area contributed by atoms with E-state index in [1.807, 2.05) is 37.3 Å². The summed E-state index contributed by atoms with van der Waals surface area (Å²) in [6.07, 6.45) is 4.04. The molecule has 1 rings (SSSR count). The molecule has 0 fully saturated rings. The third-order valence-corrected chi connectivity index (χ3v) is 3.17. The molecule has 100 valence electrons. The fraction of sp³-hybridized carbons (Fsp3) is 0.471. The van der Waals surface area contributed by atoms with E-state index < -0.39 is 5.60 Å². The van der Waals surface area contributed by atoms with Crippen molar-refractivity contribution in [3.05, 3.63) is 35.4 Å². The van der Waals surface area contributed by atoms with Crippen LogP contribution in [0, 0.1) is 30.1 Å². The van der Waals surface area contributed by atoms with Gasteiger partial charge in [-0.25, -0.2) is 0 Å². The van der Waals surface area contributed by atoms with Crippen LogP contribution < -0.4 is 0 Å². The topological polar surface area (TPSA) is 44.0 Å². The van der Waals surface area contributed by atoms with Crippen molar-refractivity contribution in [2.45, 2.75) is 51.6 Å². The van der Waals surface area contributed by atoms with Crippen molar-refractivity contribution in [3.63, 3.8) is 0 Å². The molecule has 0 aliphatic heterocycles. The fourth-order valence-electron chi connectivity index (χ4n) is 1.97. The van der Waals surface area contributed by atoms with Gasteiger partial charge in [-0.1, -0.05) is 37.6 Å². The van der Waals surface area contributed by atoms with Gasteiger partial charge >= 0.3 is 0 Å². The third-order valence-electron chi connectivity index (χ3n) is 3.17. The molecule has 2 heteroatoms. The molecule has 1 aromatic carbocycles. The van der Waals surface area contributed by atoms with Gasteiger partial charge in [0.25, 0.3) is 0 Å². The summed E-state index contributed by atoms with van der Waals surface area (Å²) in [7, 11) is 0. The minimum Gasteiger partial charge on any atom is -0.371 e. The van der Waals surface area contributed by atoms with Crippen LogP contribution in [0.2, 0.25) is 0 Å². The lowest BCUT2D eigenvalue weighted by Crippen LogP contribution is -2.24. The Morgan fingerprint density at radius 2 is 1.89 bits per heavy atom. The fourth-order valence-corrected chi connectivity index (χ4v) is 1.97. The highest BCUT2D eigenvalue weighted by atomic mass is 16.3. The molecule has 0 radical (unpaired) electrons. The Morgan fingerprint density at radius 1 is 1.21 bits per heavy atom. The van der Waals surface area contributed by atoms with Crippen molar-refractivity contribution in [1.29, 1.82) is 5.26 Å². The molecule has 0 aromatic heterocycles. The van der Waals surface area contributed by atoms with Gasteiger partial charge in [-0.15, -0.1) is 11.8 Å². The third kappa shape index (κ3) is 4.43. The molecule has 0 spiro atoms. The van der Waals surface area contributed by atoms with E-state index in [-0.39, 0.29) is 0 Å². The maximum atomic E-state index is 10.4. The summed E-state index contributed by atoms with van der Waals surface area (Å²) in [6.45, 7) is 4.04. The summed E-state index contributed by atoms with van der Waals surface area (Å²) >= 11 is 0. The number of aryl methyl sites for hydroxylation is 1. The average molecular weight is 255 g/mol. The predicted molar refractivity (Wildman–Crippen MR) is 77.2 cm³/mol. The molecule has 0 amide bonds. The van der Waals surface area contributed by atoms with E-state index in [1.165, 1.54) is 0 Å². The Balaban J connectivity index is 2.69. The number of nitrogens with zero attached hydrogens (tertiary/aromatic N) is 1. The van der Waals surface area contributed by atoms with Gasteiger partial charge in [0.2, 0.25) is 0 Å². The van der Waals surface area contributed by atoms with E-state index in [9.17, 15) is 10.4 Å². The van der Waals surface area contributed by atoms with Crippen LogP contribution in [0.1, 0.15) is 50.2 Å². The zero-order valence-corrected chi connectivity index (χ0v) is 11.7.